The summed E-state index contributed by atoms with van der Waals surface area (Å²) in [5.74, 6) is 0.112. The van der Waals surface area contributed by atoms with Crippen molar-refractivity contribution in [2.24, 2.45) is 0 Å². The Morgan fingerprint density at radius 3 is 3.00 bits per heavy atom. The van der Waals surface area contributed by atoms with Crippen LogP contribution in [0.4, 0.5) is 0 Å². The van der Waals surface area contributed by atoms with Gasteiger partial charge in [0.1, 0.15) is 5.69 Å². The van der Waals surface area contributed by atoms with Gasteiger partial charge in [0.15, 0.2) is 6.29 Å². The molecular formula is C8H9ClN2O2. The van der Waals surface area contributed by atoms with E-state index >= 15 is 0 Å². The summed E-state index contributed by atoms with van der Waals surface area (Å²) < 4.78 is 0. The zero-order chi connectivity index (χ0) is 9.68. The minimum atomic E-state index is -0.256. The molecule has 0 aliphatic rings. The van der Waals surface area contributed by atoms with Crippen molar-refractivity contribution in [2.75, 3.05) is 12.4 Å². The number of carbonyl (C=O) groups is 2. The fourth-order valence-corrected chi connectivity index (χ4v) is 0.961. The first-order valence-electron chi connectivity index (χ1n) is 3.75. The van der Waals surface area contributed by atoms with Gasteiger partial charge in [-0.2, -0.15) is 0 Å². The topological polar surface area (TPSA) is 62.0 Å². The summed E-state index contributed by atoms with van der Waals surface area (Å²) in [6, 6.07) is 1.48. The second kappa shape index (κ2) is 4.67. The second-order valence-corrected chi connectivity index (χ2v) is 2.79. The molecule has 0 saturated heterocycles. The average Bonchev–Trinajstić information content (AvgIpc) is 2.62. The van der Waals surface area contributed by atoms with Crippen LogP contribution in [0, 0.1) is 0 Å². The Morgan fingerprint density at radius 1 is 1.69 bits per heavy atom. The molecule has 1 rings (SSSR count). The number of hydrogen-bond acceptors (Lipinski definition) is 2. The van der Waals surface area contributed by atoms with Crippen LogP contribution in [0.5, 0.6) is 0 Å². The van der Waals surface area contributed by atoms with Gasteiger partial charge in [-0.1, -0.05) is 0 Å². The quantitative estimate of drug-likeness (QED) is 0.558. The Morgan fingerprint density at radius 2 is 2.46 bits per heavy atom. The largest absolute Gasteiger partial charge is 0.357 e. The van der Waals surface area contributed by atoms with Crippen molar-refractivity contribution in [3.05, 3.63) is 23.5 Å². The van der Waals surface area contributed by atoms with Crippen LogP contribution in [-0.2, 0) is 0 Å². The number of hydrogen-bond donors (Lipinski definition) is 2. The first-order chi connectivity index (χ1) is 6.27. The summed E-state index contributed by atoms with van der Waals surface area (Å²) in [5.41, 5.74) is 0.822. The molecule has 0 aliphatic carbocycles. The van der Waals surface area contributed by atoms with E-state index < -0.39 is 0 Å². The number of aromatic amines is 1. The van der Waals surface area contributed by atoms with Crippen LogP contribution < -0.4 is 5.32 Å². The maximum absolute atomic E-state index is 11.2. The van der Waals surface area contributed by atoms with Crippen molar-refractivity contribution in [3.63, 3.8) is 0 Å². The molecule has 1 aromatic rings. The van der Waals surface area contributed by atoms with Crippen LogP contribution in [-0.4, -0.2) is 29.6 Å². The molecule has 0 saturated carbocycles. The van der Waals surface area contributed by atoms with Gasteiger partial charge in [0, 0.05) is 24.2 Å². The van der Waals surface area contributed by atoms with E-state index in [0.717, 1.165) is 0 Å². The number of amides is 1. The molecule has 0 spiro atoms. The SMILES string of the molecule is O=Cc1c[nH]c(C(=O)NCCCl)c1. The summed E-state index contributed by atoms with van der Waals surface area (Å²) in [4.78, 5) is 24.2. The highest BCUT2D eigenvalue weighted by Gasteiger charge is 2.06. The fraction of sp³-hybridized carbons (Fsp3) is 0.250. The molecular weight excluding hydrogens is 192 g/mol. The first kappa shape index (κ1) is 9.80. The van der Waals surface area contributed by atoms with Gasteiger partial charge >= 0.3 is 0 Å². The Kier molecular flexibility index (Phi) is 3.52. The average molecular weight is 201 g/mol. The van der Waals surface area contributed by atoms with E-state index in [0.29, 0.717) is 30.0 Å². The zero-order valence-corrected chi connectivity index (χ0v) is 7.60. The third-order valence-corrected chi connectivity index (χ3v) is 1.66. The Hall–Kier alpha value is -1.29. The molecule has 0 fully saturated rings. The lowest BCUT2D eigenvalue weighted by Gasteiger charge is -1.98. The number of alkyl halides is 1. The summed E-state index contributed by atoms with van der Waals surface area (Å²) in [6.07, 6.45) is 2.15. The third-order valence-electron chi connectivity index (χ3n) is 1.47. The highest BCUT2D eigenvalue weighted by atomic mass is 35.5. The van der Waals surface area contributed by atoms with E-state index in [1.807, 2.05) is 0 Å². The Labute approximate surface area is 80.3 Å². The van der Waals surface area contributed by atoms with Gasteiger partial charge < -0.3 is 10.3 Å². The normalized spacial score (nSPS) is 9.62. The van der Waals surface area contributed by atoms with Crippen LogP contribution >= 0.6 is 11.6 Å². The third kappa shape index (κ3) is 2.59. The van der Waals surface area contributed by atoms with Gasteiger partial charge in [0.05, 0.1) is 0 Å². The van der Waals surface area contributed by atoms with Crippen LogP contribution in [0.1, 0.15) is 20.8 Å². The lowest BCUT2D eigenvalue weighted by Crippen LogP contribution is -2.25. The molecule has 4 nitrogen and oxygen atoms in total. The molecule has 0 aromatic carbocycles. The highest BCUT2D eigenvalue weighted by Crippen LogP contribution is 1.99. The van der Waals surface area contributed by atoms with Crippen LogP contribution in [0.3, 0.4) is 0 Å². The van der Waals surface area contributed by atoms with Crippen LogP contribution in [0.25, 0.3) is 0 Å². The van der Waals surface area contributed by atoms with E-state index in [-0.39, 0.29) is 5.91 Å². The number of nitrogens with one attached hydrogen (secondary N) is 2. The maximum atomic E-state index is 11.2. The lowest BCUT2D eigenvalue weighted by molar-refractivity contribution is 0.0951. The minimum absolute atomic E-state index is 0.256. The standard InChI is InChI=1S/C8H9ClN2O2/c9-1-2-10-8(13)7-3-6(5-12)4-11-7/h3-5,11H,1-2H2,(H,10,13). The predicted octanol–water partition coefficient (Wildman–Crippen LogP) is 0.796. The molecule has 1 aromatic heterocycles. The van der Waals surface area contributed by atoms with Crippen molar-refractivity contribution < 1.29 is 9.59 Å². The van der Waals surface area contributed by atoms with Gasteiger partial charge in [-0.25, -0.2) is 0 Å². The van der Waals surface area contributed by atoms with Crippen molar-refractivity contribution in [3.8, 4) is 0 Å². The smallest absolute Gasteiger partial charge is 0.267 e. The van der Waals surface area contributed by atoms with Crippen molar-refractivity contribution >= 4 is 23.8 Å². The van der Waals surface area contributed by atoms with Crippen LogP contribution in [0.15, 0.2) is 12.3 Å². The lowest BCUT2D eigenvalue weighted by atomic mass is 10.3. The van der Waals surface area contributed by atoms with E-state index in [4.69, 9.17) is 11.6 Å². The number of carbonyl (C=O) groups excluding carboxylic acids is 2. The van der Waals surface area contributed by atoms with Crippen molar-refractivity contribution in [1.82, 2.24) is 10.3 Å². The molecule has 5 heteroatoms. The Bertz CT molecular complexity index is 309. The van der Waals surface area contributed by atoms with E-state index in [1.54, 1.807) is 0 Å². The molecule has 1 amide bonds. The highest BCUT2D eigenvalue weighted by molar-refractivity contribution is 6.18. The Balaban J connectivity index is 2.60. The van der Waals surface area contributed by atoms with Gasteiger partial charge in [0.2, 0.25) is 0 Å². The monoisotopic (exact) mass is 200 g/mol. The minimum Gasteiger partial charge on any atom is -0.357 e. The number of H-pyrrole nitrogens is 1. The first-order valence-corrected chi connectivity index (χ1v) is 4.29. The summed E-state index contributed by atoms with van der Waals surface area (Å²) in [7, 11) is 0. The predicted molar refractivity (Wildman–Crippen MR) is 49.2 cm³/mol. The summed E-state index contributed by atoms with van der Waals surface area (Å²) in [5, 5.41) is 2.57. The van der Waals surface area contributed by atoms with Gasteiger partial charge in [-0.15, -0.1) is 11.6 Å². The van der Waals surface area contributed by atoms with E-state index in [1.165, 1.54) is 12.3 Å². The molecule has 0 unspecified atom stereocenters. The van der Waals surface area contributed by atoms with Gasteiger partial charge in [0.25, 0.3) is 5.91 Å². The number of aldehydes is 1. The molecule has 0 atom stereocenters. The van der Waals surface area contributed by atoms with E-state index in [2.05, 4.69) is 10.3 Å². The van der Waals surface area contributed by atoms with Gasteiger partial charge in [-0.3, -0.25) is 9.59 Å². The molecule has 0 aliphatic heterocycles. The molecule has 0 radical (unpaired) electrons. The van der Waals surface area contributed by atoms with Gasteiger partial charge in [-0.05, 0) is 6.07 Å². The van der Waals surface area contributed by atoms with Crippen molar-refractivity contribution in [1.29, 1.82) is 0 Å². The number of aromatic nitrogens is 1. The number of halogens is 1. The zero-order valence-electron chi connectivity index (χ0n) is 6.84. The molecule has 13 heavy (non-hydrogen) atoms. The number of rotatable bonds is 4. The summed E-state index contributed by atoms with van der Waals surface area (Å²) in [6.45, 7) is 0.413. The molecule has 1 heterocycles. The molecule has 0 bridgehead atoms. The maximum Gasteiger partial charge on any atom is 0.267 e. The molecule has 2 N–H and O–H groups in total. The summed E-state index contributed by atoms with van der Waals surface area (Å²) >= 11 is 5.38. The van der Waals surface area contributed by atoms with Crippen molar-refractivity contribution in [2.45, 2.75) is 0 Å². The molecule has 70 valence electrons. The van der Waals surface area contributed by atoms with Crippen LogP contribution in [0.2, 0.25) is 0 Å². The fourth-order valence-electron chi connectivity index (χ4n) is 0.866. The van der Waals surface area contributed by atoms with E-state index in [9.17, 15) is 9.59 Å². The second-order valence-electron chi connectivity index (χ2n) is 2.41.